The monoisotopic (exact) mass is 306 g/mol. The summed E-state index contributed by atoms with van der Waals surface area (Å²) in [6, 6.07) is 9.16. The van der Waals surface area contributed by atoms with Crippen LogP contribution in [0, 0.1) is 10.1 Å². The van der Waals surface area contributed by atoms with Crippen molar-refractivity contribution in [1.29, 1.82) is 0 Å². The lowest BCUT2D eigenvalue weighted by Crippen LogP contribution is -2.04. The van der Waals surface area contributed by atoms with Crippen LogP contribution in [-0.4, -0.2) is 11.5 Å². The van der Waals surface area contributed by atoms with Gasteiger partial charge in [0.05, 0.1) is 18.1 Å². The first kappa shape index (κ1) is 15.5. The van der Waals surface area contributed by atoms with Crippen molar-refractivity contribution in [2.75, 3.05) is 11.9 Å². The Morgan fingerprint density at radius 1 is 1.33 bits per heavy atom. The summed E-state index contributed by atoms with van der Waals surface area (Å²) in [5.74, 6) is 0. The van der Waals surface area contributed by atoms with Crippen LogP contribution < -0.4 is 5.32 Å². The van der Waals surface area contributed by atoms with Crippen molar-refractivity contribution in [3.05, 3.63) is 56.3 Å². The second kappa shape index (κ2) is 7.75. The van der Waals surface area contributed by atoms with Crippen molar-refractivity contribution >= 4 is 22.7 Å². The zero-order chi connectivity index (χ0) is 15.1. The van der Waals surface area contributed by atoms with Crippen LogP contribution in [0.4, 0.5) is 11.4 Å². The average Bonchev–Trinajstić information content (AvgIpc) is 2.99. The normalized spacial score (nSPS) is 10.5. The lowest BCUT2D eigenvalue weighted by Gasteiger charge is -2.08. The van der Waals surface area contributed by atoms with Gasteiger partial charge in [-0.05, 0) is 29.5 Å². The van der Waals surface area contributed by atoms with Crippen LogP contribution in [0.15, 0.2) is 35.7 Å². The molecule has 0 fully saturated rings. The molecule has 1 aromatic heterocycles. The predicted octanol–water partition coefficient (Wildman–Crippen LogP) is 4.20. The highest BCUT2D eigenvalue weighted by atomic mass is 32.1. The molecule has 0 aliphatic carbocycles. The van der Waals surface area contributed by atoms with Gasteiger partial charge in [-0.25, -0.2) is 0 Å². The molecular weight excluding hydrogens is 288 g/mol. The number of nitro benzene ring substituents is 1. The number of anilines is 1. The number of thiophene rings is 1. The van der Waals surface area contributed by atoms with E-state index in [1.165, 1.54) is 0 Å². The lowest BCUT2D eigenvalue weighted by atomic mass is 10.2. The van der Waals surface area contributed by atoms with Crippen molar-refractivity contribution in [3.63, 3.8) is 0 Å². The molecule has 2 aromatic rings. The van der Waals surface area contributed by atoms with Gasteiger partial charge in [0, 0.05) is 17.5 Å². The molecule has 6 heteroatoms. The fourth-order valence-electron chi connectivity index (χ4n) is 1.89. The van der Waals surface area contributed by atoms with Gasteiger partial charge in [-0.3, -0.25) is 10.1 Å². The molecule has 0 saturated heterocycles. The van der Waals surface area contributed by atoms with Crippen molar-refractivity contribution in [2.45, 2.75) is 26.6 Å². The molecule has 0 unspecified atom stereocenters. The molecule has 112 valence electrons. The smallest absolute Gasteiger partial charge is 0.292 e. The van der Waals surface area contributed by atoms with E-state index in [1.807, 2.05) is 30.5 Å². The predicted molar refractivity (Wildman–Crippen MR) is 84.7 cm³/mol. The number of ether oxygens (including phenoxy) is 1. The van der Waals surface area contributed by atoms with Crippen molar-refractivity contribution in [1.82, 2.24) is 0 Å². The molecule has 5 nitrogen and oxygen atoms in total. The molecule has 0 aliphatic heterocycles. The summed E-state index contributed by atoms with van der Waals surface area (Å²) < 4.78 is 5.59. The Balaban J connectivity index is 1.99. The second-order valence-electron chi connectivity index (χ2n) is 4.61. The van der Waals surface area contributed by atoms with Crippen LogP contribution >= 0.6 is 11.3 Å². The number of nitro groups is 1. The molecule has 21 heavy (non-hydrogen) atoms. The van der Waals surface area contributed by atoms with Crippen LogP contribution in [0.25, 0.3) is 0 Å². The zero-order valence-electron chi connectivity index (χ0n) is 11.9. The van der Waals surface area contributed by atoms with E-state index >= 15 is 0 Å². The number of rotatable bonds is 8. The van der Waals surface area contributed by atoms with E-state index in [-0.39, 0.29) is 10.6 Å². The Hall–Kier alpha value is -1.92. The molecule has 0 aliphatic rings. The van der Waals surface area contributed by atoms with Gasteiger partial charge >= 0.3 is 0 Å². The minimum atomic E-state index is -0.360. The molecule has 2 rings (SSSR count). The fourth-order valence-corrected chi connectivity index (χ4v) is 2.53. The van der Waals surface area contributed by atoms with Gasteiger partial charge in [-0.1, -0.05) is 19.1 Å². The first-order valence-electron chi connectivity index (χ1n) is 6.82. The quantitative estimate of drug-likeness (QED) is 0.586. The third-order valence-corrected chi connectivity index (χ3v) is 3.77. The van der Waals surface area contributed by atoms with Crippen LogP contribution in [0.2, 0.25) is 0 Å². The highest BCUT2D eigenvalue weighted by Gasteiger charge is 2.14. The van der Waals surface area contributed by atoms with E-state index < -0.39 is 0 Å². The van der Waals surface area contributed by atoms with Crippen LogP contribution in [0.5, 0.6) is 0 Å². The topological polar surface area (TPSA) is 64.4 Å². The van der Waals surface area contributed by atoms with Gasteiger partial charge < -0.3 is 10.1 Å². The van der Waals surface area contributed by atoms with Crippen LogP contribution in [0.3, 0.4) is 0 Å². The van der Waals surface area contributed by atoms with Gasteiger partial charge in [-0.2, -0.15) is 0 Å². The van der Waals surface area contributed by atoms with Crippen molar-refractivity contribution < 1.29 is 9.66 Å². The molecule has 1 heterocycles. The standard InChI is InChI=1S/C15H18N2O3S/c1-2-7-16-14-6-5-12(9-15(14)17(18)19)10-20-11-13-4-3-8-21-13/h3-6,8-9,16H,2,7,10-11H2,1H3. The third kappa shape index (κ3) is 4.54. The van der Waals surface area contributed by atoms with Crippen LogP contribution in [-0.2, 0) is 18.0 Å². The first-order chi connectivity index (χ1) is 10.2. The summed E-state index contributed by atoms with van der Waals surface area (Å²) in [6.07, 6.45) is 0.919. The molecule has 0 atom stereocenters. The zero-order valence-corrected chi connectivity index (χ0v) is 12.7. The maximum Gasteiger partial charge on any atom is 0.292 e. The molecule has 0 amide bonds. The van der Waals surface area contributed by atoms with E-state index in [1.54, 1.807) is 23.5 Å². The highest BCUT2D eigenvalue weighted by molar-refractivity contribution is 7.09. The van der Waals surface area contributed by atoms with Gasteiger partial charge in [0.15, 0.2) is 0 Å². The fraction of sp³-hybridized carbons (Fsp3) is 0.333. The molecular formula is C15H18N2O3S. The second-order valence-corrected chi connectivity index (χ2v) is 5.64. The van der Waals surface area contributed by atoms with E-state index in [0.29, 0.717) is 18.9 Å². The number of benzene rings is 1. The SMILES string of the molecule is CCCNc1ccc(COCc2cccs2)cc1[N+](=O)[O-]. The molecule has 0 bridgehead atoms. The summed E-state index contributed by atoms with van der Waals surface area (Å²) in [5, 5.41) is 16.2. The minimum absolute atomic E-state index is 0.0978. The molecule has 0 spiro atoms. The Bertz CT molecular complexity index is 585. The maximum absolute atomic E-state index is 11.1. The Morgan fingerprint density at radius 2 is 2.19 bits per heavy atom. The molecule has 1 aromatic carbocycles. The van der Waals surface area contributed by atoms with E-state index in [2.05, 4.69) is 5.32 Å². The third-order valence-electron chi connectivity index (χ3n) is 2.92. The first-order valence-corrected chi connectivity index (χ1v) is 7.70. The van der Waals surface area contributed by atoms with Crippen molar-refractivity contribution in [3.8, 4) is 0 Å². The number of hydrogen-bond donors (Lipinski definition) is 1. The summed E-state index contributed by atoms with van der Waals surface area (Å²) >= 11 is 1.63. The van der Waals surface area contributed by atoms with Crippen LogP contribution in [0.1, 0.15) is 23.8 Å². The number of nitrogens with one attached hydrogen (secondary N) is 1. The molecule has 0 saturated carbocycles. The number of hydrogen-bond acceptors (Lipinski definition) is 5. The summed E-state index contributed by atoms with van der Waals surface area (Å²) in [5.41, 5.74) is 1.46. The molecule has 1 N–H and O–H groups in total. The Labute approximate surface area is 127 Å². The summed E-state index contributed by atoms with van der Waals surface area (Å²) in [7, 11) is 0. The van der Waals surface area contributed by atoms with E-state index in [0.717, 1.165) is 23.4 Å². The summed E-state index contributed by atoms with van der Waals surface area (Å²) in [6.45, 7) is 3.63. The molecule has 0 radical (unpaired) electrons. The number of nitrogens with zero attached hydrogens (tertiary/aromatic N) is 1. The average molecular weight is 306 g/mol. The largest absolute Gasteiger partial charge is 0.380 e. The highest BCUT2D eigenvalue weighted by Crippen LogP contribution is 2.26. The van der Waals surface area contributed by atoms with E-state index in [4.69, 9.17) is 4.74 Å². The lowest BCUT2D eigenvalue weighted by molar-refractivity contribution is -0.384. The van der Waals surface area contributed by atoms with Crippen molar-refractivity contribution in [2.24, 2.45) is 0 Å². The summed E-state index contributed by atoms with van der Waals surface area (Å²) in [4.78, 5) is 11.9. The van der Waals surface area contributed by atoms with Gasteiger partial charge in [0.2, 0.25) is 0 Å². The Kier molecular flexibility index (Phi) is 5.71. The Morgan fingerprint density at radius 3 is 2.86 bits per heavy atom. The minimum Gasteiger partial charge on any atom is -0.380 e. The van der Waals surface area contributed by atoms with Gasteiger partial charge in [0.25, 0.3) is 5.69 Å². The maximum atomic E-state index is 11.1. The van der Waals surface area contributed by atoms with Gasteiger partial charge in [0.1, 0.15) is 5.69 Å². The van der Waals surface area contributed by atoms with E-state index in [9.17, 15) is 10.1 Å². The van der Waals surface area contributed by atoms with Gasteiger partial charge in [-0.15, -0.1) is 11.3 Å².